The van der Waals surface area contributed by atoms with E-state index in [1.165, 1.54) is 12.6 Å². The van der Waals surface area contributed by atoms with E-state index in [0.717, 1.165) is 12.8 Å². The molecule has 1 aliphatic rings. The zero-order valence-electron chi connectivity index (χ0n) is 13.5. The molecule has 0 amide bonds. The quantitative estimate of drug-likeness (QED) is 0.341. The zero-order valence-corrected chi connectivity index (χ0v) is 17.6. The molecule has 0 spiro atoms. The molecule has 10 heteroatoms. The third kappa shape index (κ3) is 11.4. The topological polar surface area (TPSA) is 99.1 Å². The molecule has 1 radical (unpaired) electrons. The summed E-state index contributed by atoms with van der Waals surface area (Å²) in [7, 11) is 0. The van der Waals surface area contributed by atoms with Crippen LogP contribution in [0.5, 0.6) is 0 Å². The van der Waals surface area contributed by atoms with Crippen LogP contribution in [-0.2, 0) is 48.1 Å². The van der Waals surface area contributed by atoms with Gasteiger partial charge in [0, 0.05) is 26.4 Å². The first-order valence-corrected chi connectivity index (χ1v) is 7.61. The summed E-state index contributed by atoms with van der Waals surface area (Å²) in [5, 5.41) is 8.35. The van der Waals surface area contributed by atoms with Crippen molar-refractivity contribution in [2.24, 2.45) is 0 Å². The molecule has 0 aromatic carbocycles. The van der Waals surface area contributed by atoms with Crippen molar-refractivity contribution in [3.63, 3.8) is 0 Å². The minimum atomic E-state index is -1.15. The van der Waals surface area contributed by atoms with E-state index in [0.29, 0.717) is 12.8 Å². The van der Waals surface area contributed by atoms with Crippen molar-refractivity contribution < 1.29 is 53.2 Å². The van der Waals surface area contributed by atoms with Gasteiger partial charge in [0.05, 0.1) is 0 Å². The largest absolute Gasteiger partial charge is 0.480 e. The summed E-state index contributed by atoms with van der Waals surface area (Å²) in [6, 6.07) is 0. The molecular formula is C12H19BIO7Zn. The predicted octanol–water partition coefficient (Wildman–Crippen LogP) is 0.740. The van der Waals surface area contributed by atoms with Crippen molar-refractivity contribution in [2.75, 3.05) is 13.2 Å². The Kier molecular flexibility index (Phi) is 14.2. The average molecular weight is 479 g/mol. The molecule has 1 saturated carbocycles. The van der Waals surface area contributed by atoms with Crippen LogP contribution in [0.15, 0.2) is 0 Å². The van der Waals surface area contributed by atoms with Crippen LogP contribution >= 0.6 is 22.4 Å². The second-order valence-electron chi connectivity index (χ2n) is 4.35. The van der Waals surface area contributed by atoms with Gasteiger partial charge in [-0.25, -0.2) is 9.59 Å². The molecule has 1 fully saturated rings. The number of carboxylic acid groups (broad SMARTS) is 1. The Morgan fingerprint density at radius 3 is 2.18 bits per heavy atom. The predicted molar refractivity (Wildman–Crippen MR) is 83.5 cm³/mol. The van der Waals surface area contributed by atoms with Gasteiger partial charge in [-0.1, -0.05) is 0 Å². The molecule has 0 aromatic heterocycles. The van der Waals surface area contributed by atoms with Gasteiger partial charge >= 0.3 is 17.9 Å². The van der Waals surface area contributed by atoms with Gasteiger partial charge in [0.2, 0.25) is 0 Å². The summed E-state index contributed by atoms with van der Waals surface area (Å²) in [6.07, 6.45) is 2.21. The fourth-order valence-electron chi connectivity index (χ4n) is 1.97. The second-order valence-corrected chi connectivity index (χ2v) is 4.35. The number of ether oxygens (including phenoxy) is 3. The van der Waals surface area contributed by atoms with Gasteiger partial charge in [-0.15, -0.1) is 0 Å². The van der Waals surface area contributed by atoms with Crippen molar-refractivity contribution in [1.29, 1.82) is 1.34 Å². The van der Waals surface area contributed by atoms with Crippen molar-refractivity contribution >= 4 is 45.9 Å². The first-order chi connectivity index (χ1) is 10.4. The van der Waals surface area contributed by atoms with Gasteiger partial charge in [-0.2, -0.15) is 22.4 Å². The fraction of sp³-hybridized carbons (Fsp3) is 0.750. The third-order valence-corrected chi connectivity index (χ3v) is 2.69. The number of carbonyl (C=O) groups excluding carboxylic acids is 2. The molecule has 2 atom stereocenters. The van der Waals surface area contributed by atoms with Crippen LogP contribution in [-0.4, -0.2) is 55.4 Å². The number of hydrogen-bond acceptors (Lipinski definition) is 6. The molecule has 0 heterocycles. The molecule has 0 aliphatic heterocycles. The monoisotopic (exact) mass is 478 g/mol. The number of carbonyl (C=O) groups is 3. The molecule has 0 saturated heterocycles. The second kappa shape index (κ2) is 14.4. The van der Waals surface area contributed by atoms with Crippen LogP contribution in [0.1, 0.15) is 32.6 Å². The molecular weight excluding hydrogens is 459 g/mol. The van der Waals surface area contributed by atoms with Crippen LogP contribution in [0.3, 0.4) is 0 Å². The fourth-order valence-corrected chi connectivity index (χ4v) is 1.97. The van der Waals surface area contributed by atoms with E-state index in [2.05, 4.69) is 4.74 Å². The Morgan fingerprint density at radius 2 is 1.73 bits per heavy atom. The molecule has 1 aliphatic carbocycles. The summed E-state index contributed by atoms with van der Waals surface area (Å²) in [6.45, 7) is 0.339. The molecule has 7 nitrogen and oxygen atoms in total. The first kappa shape index (κ1) is 21.8. The molecule has 22 heavy (non-hydrogen) atoms. The van der Waals surface area contributed by atoms with Crippen LogP contribution in [0.25, 0.3) is 0 Å². The molecule has 2 unspecified atom stereocenters. The number of carboxylic acids is 1. The standard InChI is InChI=1S/C12H18O7.BHI.Zn/c1-8(13)18-9-4-2-3-5-10(9)19-12(16)7-17-6-11(14)15;1-2;/h9-10H,2-7H2,1H3,(H,14,15);1H;/i;1D;. The van der Waals surface area contributed by atoms with E-state index in [1.807, 2.05) is 22.4 Å². The Bertz CT molecular complexity index is 375. The van der Waals surface area contributed by atoms with Crippen LogP contribution < -0.4 is 0 Å². The Labute approximate surface area is 158 Å². The van der Waals surface area contributed by atoms with Gasteiger partial charge in [0.15, 0.2) is 5.67 Å². The smallest absolute Gasteiger partial charge is 0.332 e. The van der Waals surface area contributed by atoms with E-state index >= 15 is 0 Å². The number of esters is 2. The minimum absolute atomic E-state index is 0. The van der Waals surface area contributed by atoms with E-state index in [1.54, 1.807) is 0 Å². The number of hydrogen-bond donors (Lipinski definition) is 1. The maximum atomic E-state index is 11.4. The Morgan fingerprint density at radius 1 is 1.23 bits per heavy atom. The van der Waals surface area contributed by atoms with Crippen LogP contribution in [0.4, 0.5) is 0 Å². The van der Waals surface area contributed by atoms with Gasteiger partial charge in [0.25, 0.3) is 0 Å². The summed E-state index contributed by atoms with van der Waals surface area (Å²) in [5.41, 5.74) is 1.22. The zero-order chi connectivity index (χ0) is 17.0. The molecule has 121 valence electrons. The third-order valence-electron chi connectivity index (χ3n) is 2.69. The van der Waals surface area contributed by atoms with E-state index < -0.39 is 43.3 Å². The summed E-state index contributed by atoms with van der Waals surface area (Å²) in [4.78, 5) is 32.6. The Balaban J connectivity index is 0. The molecule has 0 aromatic rings. The maximum Gasteiger partial charge on any atom is 0.332 e. The van der Waals surface area contributed by atoms with Crippen LogP contribution in [0, 0.1) is 0 Å². The maximum absolute atomic E-state index is 11.4. The van der Waals surface area contributed by atoms with E-state index in [4.69, 9.17) is 15.9 Å². The van der Waals surface area contributed by atoms with Crippen molar-refractivity contribution in [3.05, 3.63) is 0 Å². The van der Waals surface area contributed by atoms with Gasteiger partial charge in [-0.3, -0.25) is 4.79 Å². The van der Waals surface area contributed by atoms with E-state index in [-0.39, 0.29) is 19.5 Å². The first-order valence-electron chi connectivity index (χ1n) is 6.95. The molecule has 1 rings (SSSR count). The van der Waals surface area contributed by atoms with Crippen molar-refractivity contribution in [1.82, 2.24) is 0 Å². The SMILES string of the molecule is CC(=O)OC1CCCCC1OC(=O)COCC(=O)O.[2H][B]I.[Zn]. The van der Waals surface area contributed by atoms with Crippen molar-refractivity contribution in [2.45, 2.75) is 44.8 Å². The van der Waals surface area contributed by atoms with E-state index in [9.17, 15) is 14.4 Å². The van der Waals surface area contributed by atoms with Crippen molar-refractivity contribution in [3.8, 4) is 0 Å². The van der Waals surface area contributed by atoms with Gasteiger partial charge in [-0.05, 0) is 27.0 Å². The summed E-state index contributed by atoms with van der Waals surface area (Å²) >= 11 is 1.83. The van der Waals surface area contributed by atoms with Gasteiger partial charge in [0.1, 0.15) is 25.4 Å². The Hall–Kier alpha value is -0.212. The summed E-state index contributed by atoms with van der Waals surface area (Å²) in [5.74, 6) is -2.20. The summed E-state index contributed by atoms with van der Waals surface area (Å²) < 4.78 is 21.0. The van der Waals surface area contributed by atoms with Gasteiger partial charge < -0.3 is 19.3 Å². The minimum Gasteiger partial charge on any atom is -0.480 e. The number of halogens is 1. The van der Waals surface area contributed by atoms with Crippen LogP contribution in [0.2, 0.25) is 0 Å². The number of aliphatic carboxylic acids is 1. The number of rotatable bonds is 6. The normalized spacial score (nSPS) is 20.2. The molecule has 0 bridgehead atoms. The average Bonchev–Trinajstić information content (AvgIpc) is 2.41. The molecule has 1 N–H and O–H groups in total.